The van der Waals surface area contributed by atoms with Crippen molar-refractivity contribution in [2.24, 2.45) is 0 Å². The van der Waals surface area contributed by atoms with E-state index >= 15 is 0 Å². The van der Waals surface area contributed by atoms with Gasteiger partial charge in [0.2, 0.25) is 0 Å². The number of allylic oxidation sites excluding steroid dienone is 2. The van der Waals surface area contributed by atoms with E-state index in [1.807, 2.05) is 24.3 Å². The highest BCUT2D eigenvalue weighted by Gasteiger charge is 2.22. The summed E-state index contributed by atoms with van der Waals surface area (Å²) in [4.78, 5) is 1.84. The summed E-state index contributed by atoms with van der Waals surface area (Å²) in [5, 5.41) is 29.6. The molecule has 0 saturated carbocycles. The Morgan fingerprint density at radius 1 is 1.23 bits per heavy atom. The molecule has 0 bridgehead atoms. The molecule has 8 nitrogen and oxygen atoms in total. The normalized spacial score (nSPS) is 16.8. The standard InChI is InChI=1S/C21H25N3O5S/c1-15(21(12-22)30(27,28)23-13-20(26)14-25)16-2-3-18-11-19(5-4-17(18)10-16)24-6-8-29-9-7-24/h2-5,10-11,20,23,25-26H,6-9,13-14H2,1H3/b21-15+. The number of ether oxygens (including phenoxy) is 1. The number of nitrogens with zero attached hydrogens (tertiary/aromatic N) is 2. The van der Waals surface area contributed by atoms with Crippen molar-refractivity contribution in [3.05, 3.63) is 46.9 Å². The third kappa shape index (κ3) is 4.98. The summed E-state index contributed by atoms with van der Waals surface area (Å²) in [7, 11) is -4.12. The van der Waals surface area contributed by atoms with Gasteiger partial charge in [-0.1, -0.05) is 18.2 Å². The van der Waals surface area contributed by atoms with Gasteiger partial charge in [-0.15, -0.1) is 0 Å². The van der Waals surface area contributed by atoms with Crippen molar-refractivity contribution in [1.82, 2.24) is 4.72 Å². The number of benzene rings is 2. The number of anilines is 1. The Kier molecular flexibility index (Phi) is 7.07. The molecule has 160 valence electrons. The van der Waals surface area contributed by atoms with Crippen LogP contribution in [0.2, 0.25) is 0 Å². The number of fused-ring (bicyclic) bond motifs is 1. The molecule has 1 unspecified atom stereocenters. The molecular formula is C21H25N3O5S. The largest absolute Gasteiger partial charge is 0.394 e. The molecule has 2 aromatic rings. The first kappa shape index (κ1) is 22.2. The number of rotatable bonds is 7. The van der Waals surface area contributed by atoms with E-state index in [0.717, 1.165) is 29.5 Å². The summed E-state index contributed by atoms with van der Waals surface area (Å²) < 4.78 is 32.5. The Morgan fingerprint density at radius 3 is 2.57 bits per heavy atom. The monoisotopic (exact) mass is 431 g/mol. The lowest BCUT2D eigenvalue weighted by Crippen LogP contribution is -2.36. The quantitative estimate of drug-likeness (QED) is 0.563. The number of aliphatic hydroxyl groups is 2. The molecule has 1 aliphatic rings. The minimum absolute atomic E-state index is 0.308. The maximum Gasteiger partial charge on any atom is 0.251 e. The van der Waals surface area contributed by atoms with Gasteiger partial charge in [-0.25, -0.2) is 13.1 Å². The molecule has 0 radical (unpaired) electrons. The predicted octanol–water partition coefficient (Wildman–Crippen LogP) is 1.20. The fourth-order valence-corrected chi connectivity index (χ4v) is 4.50. The fraction of sp³-hybridized carbons (Fsp3) is 0.381. The summed E-state index contributed by atoms with van der Waals surface area (Å²) in [6.45, 7) is 3.71. The molecule has 0 spiro atoms. The lowest BCUT2D eigenvalue weighted by atomic mass is 10.0. The second-order valence-electron chi connectivity index (χ2n) is 7.10. The zero-order valence-corrected chi connectivity index (χ0v) is 17.5. The average molecular weight is 432 g/mol. The lowest BCUT2D eigenvalue weighted by molar-refractivity contribution is 0.0989. The van der Waals surface area contributed by atoms with Crippen LogP contribution in [-0.4, -0.2) is 64.2 Å². The molecule has 1 heterocycles. The molecule has 0 amide bonds. The zero-order valence-electron chi connectivity index (χ0n) is 16.7. The van der Waals surface area contributed by atoms with Gasteiger partial charge in [0.05, 0.1) is 25.9 Å². The van der Waals surface area contributed by atoms with E-state index in [2.05, 4.69) is 15.7 Å². The third-order valence-electron chi connectivity index (χ3n) is 5.06. The van der Waals surface area contributed by atoms with Crippen LogP contribution in [0, 0.1) is 11.3 Å². The van der Waals surface area contributed by atoms with Gasteiger partial charge in [-0.05, 0) is 47.0 Å². The van der Waals surface area contributed by atoms with Crippen LogP contribution in [0.3, 0.4) is 0 Å². The second kappa shape index (κ2) is 9.55. The van der Waals surface area contributed by atoms with Gasteiger partial charge >= 0.3 is 0 Å². The maximum atomic E-state index is 12.5. The van der Waals surface area contributed by atoms with E-state index in [1.165, 1.54) is 0 Å². The number of morpholine rings is 1. The van der Waals surface area contributed by atoms with Gasteiger partial charge in [-0.2, -0.15) is 5.26 Å². The Hall–Kier alpha value is -2.48. The zero-order chi connectivity index (χ0) is 21.7. The smallest absolute Gasteiger partial charge is 0.251 e. The number of hydrogen-bond acceptors (Lipinski definition) is 7. The predicted molar refractivity (Wildman–Crippen MR) is 115 cm³/mol. The van der Waals surface area contributed by atoms with Gasteiger partial charge < -0.3 is 19.8 Å². The number of nitrogens with one attached hydrogen (secondary N) is 1. The molecule has 1 aliphatic heterocycles. The van der Waals surface area contributed by atoms with Gasteiger partial charge in [0.1, 0.15) is 6.07 Å². The molecule has 0 aliphatic carbocycles. The SMILES string of the molecule is C/C(=C(/C#N)S(=O)(=O)NCC(O)CO)c1ccc2cc(N3CCOCC3)ccc2c1. The topological polar surface area (TPSA) is 123 Å². The number of hydrogen-bond donors (Lipinski definition) is 3. The van der Waals surface area contributed by atoms with Crippen LogP contribution in [0.4, 0.5) is 5.69 Å². The van der Waals surface area contributed by atoms with Crippen LogP contribution >= 0.6 is 0 Å². The van der Waals surface area contributed by atoms with E-state index in [4.69, 9.17) is 9.84 Å². The molecule has 2 aromatic carbocycles. The van der Waals surface area contributed by atoms with Crippen molar-refractivity contribution < 1.29 is 23.4 Å². The van der Waals surface area contributed by atoms with E-state index < -0.39 is 27.6 Å². The van der Waals surface area contributed by atoms with Crippen LogP contribution in [0.1, 0.15) is 12.5 Å². The van der Waals surface area contributed by atoms with E-state index in [-0.39, 0.29) is 6.54 Å². The van der Waals surface area contributed by atoms with Gasteiger partial charge in [0.25, 0.3) is 10.0 Å². The summed E-state index contributed by atoms with van der Waals surface area (Å²) in [5.41, 5.74) is 2.03. The van der Waals surface area contributed by atoms with Gasteiger partial charge in [-0.3, -0.25) is 0 Å². The fourth-order valence-electron chi connectivity index (χ4n) is 3.30. The molecular weight excluding hydrogens is 406 g/mol. The number of aliphatic hydroxyl groups excluding tert-OH is 2. The highest BCUT2D eigenvalue weighted by atomic mass is 32.2. The van der Waals surface area contributed by atoms with Crippen molar-refractivity contribution in [3.8, 4) is 6.07 Å². The van der Waals surface area contributed by atoms with E-state index in [0.29, 0.717) is 24.4 Å². The van der Waals surface area contributed by atoms with E-state index in [1.54, 1.807) is 19.1 Å². The summed E-state index contributed by atoms with van der Waals surface area (Å²) in [6.07, 6.45) is -1.23. The molecule has 30 heavy (non-hydrogen) atoms. The Labute approximate surface area is 176 Å². The molecule has 1 atom stereocenters. The van der Waals surface area contributed by atoms with Crippen molar-refractivity contribution in [2.45, 2.75) is 13.0 Å². The van der Waals surface area contributed by atoms with E-state index in [9.17, 15) is 18.8 Å². The second-order valence-corrected chi connectivity index (χ2v) is 8.80. The minimum Gasteiger partial charge on any atom is -0.394 e. The van der Waals surface area contributed by atoms with Crippen LogP contribution in [-0.2, 0) is 14.8 Å². The highest BCUT2D eigenvalue weighted by Crippen LogP contribution is 2.28. The molecule has 1 fully saturated rings. The number of sulfonamides is 1. The minimum atomic E-state index is -4.12. The summed E-state index contributed by atoms with van der Waals surface area (Å²) in [6, 6.07) is 13.4. The van der Waals surface area contributed by atoms with Crippen LogP contribution in [0.25, 0.3) is 16.3 Å². The third-order valence-corrected chi connectivity index (χ3v) is 6.55. The van der Waals surface area contributed by atoms with Crippen molar-refractivity contribution in [2.75, 3.05) is 44.4 Å². The van der Waals surface area contributed by atoms with Crippen LogP contribution < -0.4 is 9.62 Å². The highest BCUT2D eigenvalue weighted by molar-refractivity contribution is 7.93. The first-order valence-electron chi connectivity index (χ1n) is 9.62. The summed E-state index contributed by atoms with van der Waals surface area (Å²) in [5.74, 6) is 0. The van der Waals surface area contributed by atoms with Gasteiger partial charge in [0, 0.05) is 25.3 Å². The van der Waals surface area contributed by atoms with Gasteiger partial charge in [0.15, 0.2) is 4.91 Å². The lowest BCUT2D eigenvalue weighted by Gasteiger charge is -2.29. The Balaban J connectivity index is 1.91. The Bertz CT molecular complexity index is 1090. The molecule has 1 saturated heterocycles. The van der Waals surface area contributed by atoms with Crippen molar-refractivity contribution >= 4 is 32.1 Å². The van der Waals surface area contributed by atoms with Crippen LogP contribution in [0.5, 0.6) is 0 Å². The molecule has 3 N–H and O–H groups in total. The van der Waals surface area contributed by atoms with Crippen LogP contribution in [0.15, 0.2) is 41.3 Å². The molecule has 3 rings (SSSR count). The first-order valence-corrected chi connectivity index (χ1v) is 11.1. The number of nitriles is 1. The summed E-state index contributed by atoms with van der Waals surface area (Å²) >= 11 is 0. The average Bonchev–Trinajstić information content (AvgIpc) is 2.77. The Morgan fingerprint density at radius 2 is 1.90 bits per heavy atom. The van der Waals surface area contributed by atoms with Crippen molar-refractivity contribution in [1.29, 1.82) is 5.26 Å². The first-order chi connectivity index (χ1) is 14.4. The molecule has 0 aromatic heterocycles. The maximum absolute atomic E-state index is 12.5. The van der Waals surface area contributed by atoms with Crippen molar-refractivity contribution in [3.63, 3.8) is 0 Å². The molecule has 9 heteroatoms.